The maximum atomic E-state index is 12.1. The second-order valence-corrected chi connectivity index (χ2v) is 5.35. The van der Waals surface area contributed by atoms with Gasteiger partial charge in [0, 0.05) is 10.4 Å². The molecule has 0 aliphatic carbocycles. The molecule has 4 heteroatoms. The van der Waals surface area contributed by atoms with E-state index in [4.69, 9.17) is 0 Å². The molecule has 0 atom stereocenters. The first-order chi connectivity index (χ1) is 9.17. The Balaban J connectivity index is 2.30. The third-order valence-electron chi connectivity index (χ3n) is 2.94. The molecule has 1 amide bonds. The van der Waals surface area contributed by atoms with Crippen LogP contribution < -0.4 is 5.32 Å². The Labute approximate surface area is 116 Å². The lowest BCUT2D eigenvalue weighted by Gasteiger charge is -2.03. The molecule has 3 nitrogen and oxygen atoms in total. The van der Waals surface area contributed by atoms with E-state index in [-0.39, 0.29) is 5.91 Å². The second kappa shape index (κ2) is 5.68. The number of benzene rings is 1. The summed E-state index contributed by atoms with van der Waals surface area (Å²) in [6.45, 7) is 3.99. The maximum absolute atomic E-state index is 12.1. The van der Waals surface area contributed by atoms with Gasteiger partial charge in [0.05, 0.1) is 5.56 Å². The van der Waals surface area contributed by atoms with Crippen molar-refractivity contribution in [2.24, 2.45) is 0 Å². The van der Waals surface area contributed by atoms with Gasteiger partial charge in [-0.2, -0.15) is 5.26 Å². The minimum atomic E-state index is -0.180. The van der Waals surface area contributed by atoms with Gasteiger partial charge in [-0.3, -0.25) is 4.79 Å². The molecule has 1 heterocycles. The van der Waals surface area contributed by atoms with Crippen LogP contribution in [0.3, 0.4) is 0 Å². The van der Waals surface area contributed by atoms with E-state index in [1.807, 2.05) is 32.0 Å². The van der Waals surface area contributed by atoms with Gasteiger partial charge in [0.15, 0.2) is 0 Å². The number of carbonyl (C=O) groups excluding carboxylic acids is 1. The fourth-order valence-electron chi connectivity index (χ4n) is 1.98. The quantitative estimate of drug-likeness (QED) is 0.923. The van der Waals surface area contributed by atoms with Gasteiger partial charge >= 0.3 is 0 Å². The van der Waals surface area contributed by atoms with Crippen molar-refractivity contribution in [3.8, 4) is 6.07 Å². The second-order valence-electron chi connectivity index (χ2n) is 4.13. The highest BCUT2D eigenvalue weighted by molar-refractivity contribution is 7.16. The molecule has 0 spiro atoms. The van der Waals surface area contributed by atoms with Gasteiger partial charge in [0.2, 0.25) is 0 Å². The molecule has 1 N–H and O–H groups in total. The van der Waals surface area contributed by atoms with Gasteiger partial charge in [-0.15, -0.1) is 11.3 Å². The van der Waals surface area contributed by atoms with Crippen LogP contribution in [0.1, 0.15) is 33.3 Å². The third-order valence-corrected chi connectivity index (χ3v) is 4.00. The Kier molecular flexibility index (Phi) is 3.98. The first-order valence-electron chi connectivity index (χ1n) is 6.06. The molecular formula is C15H14N2OS. The van der Waals surface area contributed by atoms with E-state index >= 15 is 0 Å². The van der Waals surface area contributed by atoms with Gasteiger partial charge < -0.3 is 5.32 Å². The molecule has 0 aliphatic rings. The molecule has 2 rings (SSSR count). The van der Waals surface area contributed by atoms with Crippen LogP contribution in [0.4, 0.5) is 5.00 Å². The summed E-state index contributed by atoms with van der Waals surface area (Å²) in [7, 11) is 0. The van der Waals surface area contributed by atoms with Crippen molar-refractivity contribution < 1.29 is 4.79 Å². The Morgan fingerprint density at radius 1 is 1.37 bits per heavy atom. The topological polar surface area (TPSA) is 52.9 Å². The Morgan fingerprint density at radius 2 is 2.05 bits per heavy atom. The Hall–Kier alpha value is -2.12. The zero-order chi connectivity index (χ0) is 13.8. The average Bonchev–Trinajstić information content (AvgIpc) is 2.74. The van der Waals surface area contributed by atoms with Crippen molar-refractivity contribution in [1.82, 2.24) is 0 Å². The largest absolute Gasteiger partial charge is 0.312 e. The van der Waals surface area contributed by atoms with Crippen LogP contribution in [0, 0.1) is 18.3 Å². The lowest BCUT2D eigenvalue weighted by atomic mass is 10.1. The van der Waals surface area contributed by atoms with E-state index in [9.17, 15) is 10.1 Å². The van der Waals surface area contributed by atoms with Crippen LogP contribution in [0.5, 0.6) is 0 Å². The molecule has 0 radical (unpaired) electrons. The van der Waals surface area contributed by atoms with E-state index in [0.29, 0.717) is 16.1 Å². The van der Waals surface area contributed by atoms with Crippen molar-refractivity contribution >= 4 is 22.2 Å². The van der Waals surface area contributed by atoms with Crippen molar-refractivity contribution in [3.05, 3.63) is 51.9 Å². The van der Waals surface area contributed by atoms with Gasteiger partial charge in [-0.05, 0) is 31.0 Å². The van der Waals surface area contributed by atoms with Crippen molar-refractivity contribution in [2.45, 2.75) is 20.3 Å². The first kappa shape index (κ1) is 13.3. The van der Waals surface area contributed by atoms with Crippen LogP contribution >= 0.6 is 11.3 Å². The molecule has 1 aromatic carbocycles. The van der Waals surface area contributed by atoms with E-state index in [1.54, 1.807) is 12.1 Å². The van der Waals surface area contributed by atoms with E-state index in [1.165, 1.54) is 11.3 Å². The number of amides is 1. The van der Waals surface area contributed by atoms with Gasteiger partial charge in [0.1, 0.15) is 11.1 Å². The van der Waals surface area contributed by atoms with Crippen LogP contribution in [-0.2, 0) is 6.42 Å². The number of rotatable bonds is 3. The lowest BCUT2D eigenvalue weighted by Crippen LogP contribution is -2.11. The van der Waals surface area contributed by atoms with Gasteiger partial charge in [0.25, 0.3) is 5.91 Å². The molecular weight excluding hydrogens is 256 g/mol. The van der Waals surface area contributed by atoms with Crippen LogP contribution in [0.15, 0.2) is 30.3 Å². The molecule has 0 unspecified atom stereocenters. The zero-order valence-electron chi connectivity index (χ0n) is 10.9. The standard InChI is InChI=1S/C15H14N2OS/c1-3-12-10(2)19-15(13(12)9-16)17-14(18)11-7-5-4-6-8-11/h4-8H,3H2,1-2H3,(H,17,18). The highest BCUT2D eigenvalue weighted by atomic mass is 32.1. The molecule has 0 aliphatic heterocycles. The van der Waals surface area contributed by atoms with Crippen molar-refractivity contribution in [3.63, 3.8) is 0 Å². The minimum Gasteiger partial charge on any atom is -0.312 e. The summed E-state index contributed by atoms with van der Waals surface area (Å²) in [6.07, 6.45) is 0.798. The van der Waals surface area contributed by atoms with Crippen molar-refractivity contribution in [2.75, 3.05) is 5.32 Å². The van der Waals surface area contributed by atoms with E-state index in [2.05, 4.69) is 11.4 Å². The fraction of sp³-hybridized carbons (Fsp3) is 0.200. The highest BCUT2D eigenvalue weighted by Gasteiger charge is 2.16. The van der Waals surface area contributed by atoms with Crippen LogP contribution in [0.25, 0.3) is 0 Å². The summed E-state index contributed by atoms with van der Waals surface area (Å²) in [5, 5.41) is 12.7. The molecule has 1 aromatic heterocycles. The zero-order valence-corrected chi connectivity index (χ0v) is 11.7. The van der Waals surface area contributed by atoms with E-state index < -0.39 is 0 Å². The summed E-state index contributed by atoms with van der Waals surface area (Å²) in [4.78, 5) is 13.2. The molecule has 0 bridgehead atoms. The number of hydrogen-bond donors (Lipinski definition) is 1. The Bertz CT molecular complexity index is 638. The number of thiophene rings is 1. The number of carbonyl (C=O) groups is 1. The summed E-state index contributed by atoms with van der Waals surface area (Å²) in [5.74, 6) is -0.180. The molecule has 0 fully saturated rings. The Morgan fingerprint density at radius 3 is 2.63 bits per heavy atom. The first-order valence-corrected chi connectivity index (χ1v) is 6.87. The van der Waals surface area contributed by atoms with Crippen LogP contribution in [-0.4, -0.2) is 5.91 Å². The average molecular weight is 270 g/mol. The number of aryl methyl sites for hydroxylation is 1. The van der Waals surface area contributed by atoms with Gasteiger partial charge in [-0.25, -0.2) is 0 Å². The van der Waals surface area contributed by atoms with Crippen LogP contribution in [0.2, 0.25) is 0 Å². The number of nitriles is 1. The number of anilines is 1. The molecule has 2 aromatic rings. The molecule has 0 saturated heterocycles. The predicted molar refractivity (Wildman–Crippen MR) is 77.5 cm³/mol. The fourth-order valence-corrected chi connectivity index (χ4v) is 3.07. The maximum Gasteiger partial charge on any atom is 0.256 e. The third kappa shape index (κ3) is 2.67. The van der Waals surface area contributed by atoms with Gasteiger partial charge in [-0.1, -0.05) is 25.1 Å². The summed E-state index contributed by atoms with van der Waals surface area (Å²) < 4.78 is 0. The molecule has 96 valence electrons. The number of nitrogens with one attached hydrogen (secondary N) is 1. The normalized spacial score (nSPS) is 9.95. The van der Waals surface area contributed by atoms with Crippen molar-refractivity contribution in [1.29, 1.82) is 5.26 Å². The number of hydrogen-bond acceptors (Lipinski definition) is 3. The summed E-state index contributed by atoms with van der Waals surface area (Å²) in [6, 6.07) is 11.2. The summed E-state index contributed by atoms with van der Waals surface area (Å²) >= 11 is 1.46. The SMILES string of the molecule is CCc1c(C)sc(NC(=O)c2ccccc2)c1C#N. The highest BCUT2D eigenvalue weighted by Crippen LogP contribution is 2.32. The molecule has 0 saturated carbocycles. The smallest absolute Gasteiger partial charge is 0.256 e. The minimum absolute atomic E-state index is 0.180. The predicted octanol–water partition coefficient (Wildman–Crippen LogP) is 3.74. The number of nitrogens with zero attached hydrogens (tertiary/aromatic N) is 1. The molecule has 19 heavy (non-hydrogen) atoms. The monoisotopic (exact) mass is 270 g/mol. The van der Waals surface area contributed by atoms with E-state index in [0.717, 1.165) is 16.9 Å². The lowest BCUT2D eigenvalue weighted by molar-refractivity contribution is 0.102. The summed E-state index contributed by atoms with van der Waals surface area (Å²) in [5.41, 5.74) is 2.21.